The van der Waals surface area contributed by atoms with Crippen molar-refractivity contribution in [2.75, 3.05) is 12.5 Å². The van der Waals surface area contributed by atoms with E-state index in [0.717, 1.165) is 19.3 Å². The van der Waals surface area contributed by atoms with Crippen LogP contribution in [0.3, 0.4) is 0 Å². The highest BCUT2D eigenvalue weighted by Gasteiger charge is 2.02. The Morgan fingerprint density at radius 2 is 1.04 bits per heavy atom. The number of alkyl halides is 1. The number of carbonyl (C=O) groups excluding carboxylic acids is 1. The molecule has 0 fully saturated rings. The van der Waals surface area contributed by atoms with Crippen LogP contribution in [0, 0.1) is 0 Å². The molecule has 0 aliphatic carbocycles. The molecule has 0 aromatic carbocycles. The van der Waals surface area contributed by atoms with Gasteiger partial charge in [0, 0.05) is 12.3 Å². The highest BCUT2D eigenvalue weighted by molar-refractivity contribution is 6.17. The molecule has 0 aliphatic heterocycles. The molecule has 0 unspecified atom stereocenters. The van der Waals surface area contributed by atoms with E-state index in [0.29, 0.717) is 18.9 Å². The summed E-state index contributed by atoms with van der Waals surface area (Å²) >= 11 is 5.54. The second kappa shape index (κ2) is 21.8. The third kappa shape index (κ3) is 21.7. The van der Waals surface area contributed by atoms with Crippen LogP contribution < -0.4 is 0 Å². The Morgan fingerprint density at radius 1 is 0.640 bits per heavy atom. The van der Waals surface area contributed by atoms with Crippen LogP contribution in [0.5, 0.6) is 0 Å². The van der Waals surface area contributed by atoms with Crippen LogP contribution in [0.2, 0.25) is 0 Å². The van der Waals surface area contributed by atoms with Crippen LogP contribution in [0.1, 0.15) is 122 Å². The first-order valence-corrected chi connectivity index (χ1v) is 11.6. The van der Waals surface area contributed by atoms with Crippen molar-refractivity contribution in [3.05, 3.63) is 0 Å². The number of esters is 1. The average Bonchev–Trinajstić information content (AvgIpc) is 2.61. The quantitative estimate of drug-likeness (QED) is 0.123. The highest BCUT2D eigenvalue weighted by atomic mass is 35.5. The Labute approximate surface area is 162 Å². The lowest BCUT2D eigenvalue weighted by molar-refractivity contribution is -0.143. The molecule has 0 aliphatic rings. The third-order valence-electron chi connectivity index (χ3n) is 4.78. The molecule has 0 spiro atoms. The summed E-state index contributed by atoms with van der Waals surface area (Å²) in [5.41, 5.74) is 0. The van der Waals surface area contributed by atoms with Crippen LogP contribution in [0.4, 0.5) is 0 Å². The Morgan fingerprint density at radius 3 is 1.44 bits per heavy atom. The van der Waals surface area contributed by atoms with Crippen molar-refractivity contribution in [3.8, 4) is 0 Å². The molecular formula is C22H43ClO2. The summed E-state index contributed by atoms with van der Waals surface area (Å²) in [5.74, 6) is 0.502. The number of rotatable bonds is 20. The topological polar surface area (TPSA) is 26.3 Å². The zero-order chi connectivity index (χ0) is 18.4. The summed E-state index contributed by atoms with van der Waals surface area (Å²) in [6.07, 6.45) is 23.0. The summed E-state index contributed by atoms with van der Waals surface area (Å²) in [6, 6.07) is 0. The second-order valence-corrected chi connectivity index (χ2v) is 7.69. The smallest absolute Gasteiger partial charge is 0.305 e. The molecule has 0 heterocycles. The average molecular weight is 375 g/mol. The number of hydrogen-bond acceptors (Lipinski definition) is 2. The maximum absolute atomic E-state index is 11.4. The van der Waals surface area contributed by atoms with Crippen molar-refractivity contribution in [2.45, 2.75) is 122 Å². The first kappa shape index (κ1) is 24.8. The van der Waals surface area contributed by atoms with Gasteiger partial charge in [0.25, 0.3) is 0 Å². The van der Waals surface area contributed by atoms with Gasteiger partial charge in [-0.15, -0.1) is 11.6 Å². The van der Waals surface area contributed by atoms with Crippen molar-refractivity contribution in [1.29, 1.82) is 0 Å². The molecule has 0 radical (unpaired) electrons. The molecule has 0 saturated heterocycles. The molecule has 0 rings (SSSR count). The van der Waals surface area contributed by atoms with Gasteiger partial charge < -0.3 is 4.74 Å². The van der Waals surface area contributed by atoms with Crippen molar-refractivity contribution in [2.24, 2.45) is 0 Å². The molecule has 0 saturated carbocycles. The summed E-state index contributed by atoms with van der Waals surface area (Å²) in [4.78, 5) is 11.4. The van der Waals surface area contributed by atoms with Gasteiger partial charge in [0.15, 0.2) is 0 Å². The van der Waals surface area contributed by atoms with Crippen molar-refractivity contribution in [3.63, 3.8) is 0 Å². The van der Waals surface area contributed by atoms with Gasteiger partial charge >= 0.3 is 5.97 Å². The van der Waals surface area contributed by atoms with Gasteiger partial charge in [-0.2, -0.15) is 0 Å². The molecule has 3 heteroatoms. The number of halogens is 1. The Balaban J connectivity index is 3.06. The summed E-state index contributed by atoms with van der Waals surface area (Å²) in [6.45, 7) is 2.75. The number of ether oxygens (including phenoxy) is 1. The van der Waals surface area contributed by atoms with Crippen LogP contribution in [0.15, 0.2) is 0 Å². The van der Waals surface area contributed by atoms with Crippen molar-refractivity contribution < 1.29 is 9.53 Å². The van der Waals surface area contributed by atoms with E-state index in [1.165, 1.54) is 89.9 Å². The molecule has 150 valence electrons. The van der Waals surface area contributed by atoms with Crippen molar-refractivity contribution in [1.82, 2.24) is 0 Å². The van der Waals surface area contributed by atoms with Gasteiger partial charge in [0.1, 0.15) is 0 Å². The first-order chi connectivity index (χ1) is 12.3. The molecule has 25 heavy (non-hydrogen) atoms. The van der Waals surface area contributed by atoms with Crippen LogP contribution in [-0.2, 0) is 9.53 Å². The molecule has 0 amide bonds. The Kier molecular flexibility index (Phi) is 21.6. The van der Waals surface area contributed by atoms with E-state index >= 15 is 0 Å². The maximum atomic E-state index is 11.4. The predicted molar refractivity (Wildman–Crippen MR) is 110 cm³/mol. The zero-order valence-corrected chi connectivity index (χ0v) is 17.6. The standard InChI is InChI=1S/C22H43ClO2/c1-2-3-4-5-6-7-8-9-10-11-12-13-14-15-16-17-19-22(24)25-21-18-20-23/h2-21H2,1H3. The molecule has 0 aromatic heterocycles. The highest BCUT2D eigenvalue weighted by Crippen LogP contribution is 2.14. The fraction of sp³-hybridized carbons (Fsp3) is 0.955. The molecule has 0 N–H and O–H groups in total. The van der Waals surface area contributed by atoms with Crippen LogP contribution >= 0.6 is 11.6 Å². The Hall–Kier alpha value is -0.240. The second-order valence-electron chi connectivity index (χ2n) is 7.32. The van der Waals surface area contributed by atoms with E-state index in [-0.39, 0.29) is 5.97 Å². The van der Waals surface area contributed by atoms with E-state index in [4.69, 9.17) is 16.3 Å². The number of carbonyl (C=O) groups is 1. The minimum absolute atomic E-state index is 0.0597. The summed E-state index contributed by atoms with van der Waals surface area (Å²) in [7, 11) is 0. The van der Waals surface area contributed by atoms with Gasteiger partial charge in [0.05, 0.1) is 6.61 Å². The molecule has 2 nitrogen and oxygen atoms in total. The van der Waals surface area contributed by atoms with Crippen molar-refractivity contribution >= 4 is 17.6 Å². The van der Waals surface area contributed by atoms with Gasteiger partial charge in [-0.3, -0.25) is 4.79 Å². The lowest BCUT2D eigenvalue weighted by Crippen LogP contribution is -2.05. The molecular weight excluding hydrogens is 332 g/mol. The molecule has 0 bridgehead atoms. The Bertz CT molecular complexity index is 269. The summed E-state index contributed by atoms with van der Waals surface area (Å²) in [5, 5.41) is 0. The van der Waals surface area contributed by atoms with E-state index in [1.54, 1.807) is 0 Å². The normalized spacial score (nSPS) is 11.0. The van der Waals surface area contributed by atoms with Gasteiger partial charge in [-0.25, -0.2) is 0 Å². The summed E-state index contributed by atoms with van der Waals surface area (Å²) < 4.78 is 5.08. The third-order valence-corrected chi connectivity index (χ3v) is 5.04. The minimum atomic E-state index is -0.0597. The zero-order valence-electron chi connectivity index (χ0n) is 16.8. The van der Waals surface area contributed by atoms with Gasteiger partial charge in [-0.05, 0) is 12.8 Å². The molecule has 0 atom stereocenters. The monoisotopic (exact) mass is 374 g/mol. The van der Waals surface area contributed by atoms with E-state index in [1.807, 2.05) is 0 Å². The van der Waals surface area contributed by atoms with Crippen LogP contribution in [-0.4, -0.2) is 18.5 Å². The van der Waals surface area contributed by atoms with E-state index in [9.17, 15) is 4.79 Å². The lowest BCUT2D eigenvalue weighted by atomic mass is 10.0. The largest absolute Gasteiger partial charge is 0.466 e. The molecule has 0 aromatic rings. The number of hydrogen-bond donors (Lipinski definition) is 0. The maximum Gasteiger partial charge on any atom is 0.305 e. The van der Waals surface area contributed by atoms with E-state index < -0.39 is 0 Å². The van der Waals surface area contributed by atoms with Crippen LogP contribution in [0.25, 0.3) is 0 Å². The first-order valence-electron chi connectivity index (χ1n) is 11.0. The van der Waals surface area contributed by atoms with E-state index in [2.05, 4.69) is 6.92 Å². The fourth-order valence-electron chi connectivity index (χ4n) is 3.13. The predicted octanol–water partition coefficient (Wildman–Crippen LogP) is 7.81. The number of unbranched alkanes of at least 4 members (excludes halogenated alkanes) is 15. The fourth-order valence-corrected chi connectivity index (χ4v) is 3.24. The SMILES string of the molecule is CCCCCCCCCCCCCCCCCCC(=O)OCCCCl. The van der Waals surface area contributed by atoms with Gasteiger partial charge in [-0.1, -0.05) is 103 Å². The van der Waals surface area contributed by atoms with Gasteiger partial charge in [0.2, 0.25) is 0 Å². The lowest BCUT2D eigenvalue weighted by Gasteiger charge is -2.04. The minimum Gasteiger partial charge on any atom is -0.466 e.